The molecule has 8 heteroatoms. The van der Waals surface area contributed by atoms with Crippen LogP contribution in [0.25, 0.3) is 9.75 Å². The number of rotatable bonds is 1. The highest BCUT2D eigenvalue weighted by molar-refractivity contribution is 7.17. The second-order valence-corrected chi connectivity index (χ2v) is 4.84. The summed E-state index contributed by atoms with van der Waals surface area (Å²) in [6.45, 7) is 0. The monoisotopic (exact) mass is 286 g/mol. The fourth-order valence-electron chi connectivity index (χ4n) is 1.05. The molecule has 78 valence electrons. The van der Waals surface area contributed by atoms with E-state index in [1.54, 1.807) is 0 Å². The van der Waals surface area contributed by atoms with E-state index >= 15 is 0 Å². The van der Waals surface area contributed by atoms with Crippen LogP contribution < -0.4 is 0 Å². The Morgan fingerprint density at radius 3 is 1.56 bits per heavy atom. The van der Waals surface area contributed by atoms with Crippen LogP contribution in [0.5, 0.6) is 0 Å². The maximum Gasteiger partial charge on any atom is 0.161 e. The van der Waals surface area contributed by atoms with Crippen molar-refractivity contribution < 1.29 is 0 Å². The van der Waals surface area contributed by atoms with Crippen LogP contribution in [0.1, 0.15) is 11.1 Å². The molecule has 0 amide bonds. The molecule has 0 bridgehead atoms. The maximum atomic E-state index is 8.92. The van der Waals surface area contributed by atoms with Crippen LogP contribution in [-0.2, 0) is 0 Å². The highest BCUT2D eigenvalue weighted by Gasteiger charge is 2.21. The molecule has 0 spiro atoms. The van der Waals surface area contributed by atoms with Gasteiger partial charge in [-0.2, -0.15) is 19.3 Å². The van der Waals surface area contributed by atoms with Crippen molar-refractivity contribution in [3.8, 4) is 21.9 Å². The lowest BCUT2D eigenvalue weighted by molar-refractivity contribution is 1.46. The minimum Gasteiger partial charge on any atom is -0.192 e. The third kappa shape index (κ3) is 1.66. The van der Waals surface area contributed by atoms with E-state index in [4.69, 9.17) is 33.7 Å². The Kier molecular flexibility index (Phi) is 3.08. The van der Waals surface area contributed by atoms with Crippen molar-refractivity contribution in [3.63, 3.8) is 0 Å². The number of hydrogen-bond acceptors (Lipinski definition) is 6. The lowest BCUT2D eigenvalue weighted by Crippen LogP contribution is -1.78. The van der Waals surface area contributed by atoms with Crippen molar-refractivity contribution in [3.05, 3.63) is 21.4 Å². The Hall–Kier alpha value is -1.18. The number of nitriles is 2. The summed E-state index contributed by atoms with van der Waals surface area (Å²) in [5, 5.41) is 18.1. The van der Waals surface area contributed by atoms with Crippen molar-refractivity contribution in [2.75, 3.05) is 0 Å². The molecule has 0 aromatic carbocycles. The topological polar surface area (TPSA) is 73.4 Å². The largest absolute Gasteiger partial charge is 0.192 e. The van der Waals surface area contributed by atoms with Gasteiger partial charge in [-0.1, -0.05) is 23.2 Å². The van der Waals surface area contributed by atoms with Crippen molar-refractivity contribution in [1.82, 2.24) is 8.75 Å². The Bertz CT molecular complexity index is 575. The number of halogens is 2. The average molecular weight is 287 g/mol. The molecule has 0 unspecified atom stereocenters. The molecule has 2 rings (SSSR count). The van der Waals surface area contributed by atoms with Crippen LogP contribution >= 0.6 is 46.3 Å². The summed E-state index contributed by atoms with van der Waals surface area (Å²) in [6.07, 6.45) is 0. The lowest BCUT2D eigenvalue weighted by Gasteiger charge is -1.91. The average Bonchev–Trinajstić information content (AvgIpc) is 2.81. The molecule has 0 radical (unpaired) electrons. The van der Waals surface area contributed by atoms with Gasteiger partial charge in [0.1, 0.15) is 23.3 Å². The fraction of sp³-hybridized carbons (Fsp3) is 0. The minimum atomic E-state index is 0.135. The van der Waals surface area contributed by atoms with E-state index in [0.29, 0.717) is 9.75 Å². The normalized spacial score (nSPS) is 9.75. The first-order valence-electron chi connectivity index (χ1n) is 3.80. The molecule has 0 saturated heterocycles. The molecule has 2 aromatic heterocycles. The Morgan fingerprint density at radius 2 is 1.25 bits per heavy atom. The fourth-order valence-corrected chi connectivity index (χ4v) is 3.22. The van der Waals surface area contributed by atoms with Gasteiger partial charge in [-0.25, -0.2) is 0 Å². The molecule has 2 aromatic rings. The van der Waals surface area contributed by atoms with E-state index in [9.17, 15) is 0 Å². The SMILES string of the molecule is N#Cc1c(Cl)nsc1-c1snc(Cl)c1C#N. The van der Waals surface area contributed by atoms with Gasteiger partial charge in [0.2, 0.25) is 0 Å². The van der Waals surface area contributed by atoms with Crippen LogP contribution in [0.3, 0.4) is 0 Å². The number of nitrogens with zero attached hydrogens (tertiary/aromatic N) is 4. The maximum absolute atomic E-state index is 8.92. The molecule has 0 aliphatic carbocycles. The molecule has 0 aliphatic rings. The van der Waals surface area contributed by atoms with Gasteiger partial charge in [0, 0.05) is 0 Å². The van der Waals surface area contributed by atoms with Gasteiger partial charge in [0.25, 0.3) is 0 Å². The zero-order valence-electron chi connectivity index (χ0n) is 7.36. The van der Waals surface area contributed by atoms with Crippen LogP contribution in [0.4, 0.5) is 0 Å². The van der Waals surface area contributed by atoms with Gasteiger partial charge in [0.15, 0.2) is 10.3 Å². The first-order chi connectivity index (χ1) is 7.69. The zero-order chi connectivity index (χ0) is 11.7. The highest BCUT2D eigenvalue weighted by Crippen LogP contribution is 2.39. The van der Waals surface area contributed by atoms with E-state index < -0.39 is 0 Å². The first-order valence-corrected chi connectivity index (χ1v) is 6.10. The molecule has 0 N–H and O–H groups in total. The summed E-state index contributed by atoms with van der Waals surface area (Å²) in [4.78, 5) is 1.07. The zero-order valence-corrected chi connectivity index (χ0v) is 10.5. The van der Waals surface area contributed by atoms with Gasteiger partial charge in [-0.3, -0.25) is 0 Å². The summed E-state index contributed by atoms with van der Waals surface area (Å²) in [5.41, 5.74) is 0.506. The van der Waals surface area contributed by atoms with E-state index in [-0.39, 0.29) is 21.4 Å². The van der Waals surface area contributed by atoms with E-state index in [2.05, 4.69) is 8.75 Å². The lowest BCUT2D eigenvalue weighted by atomic mass is 10.2. The molecule has 0 atom stereocenters. The van der Waals surface area contributed by atoms with Crippen LogP contribution in [0.2, 0.25) is 10.3 Å². The standard InChI is InChI=1S/C8Cl2N4S2/c9-7-3(1-11)5(15-13-7)6-4(2-12)8(10)14-16-6. The summed E-state index contributed by atoms with van der Waals surface area (Å²) >= 11 is 13.6. The van der Waals surface area contributed by atoms with Gasteiger partial charge < -0.3 is 0 Å². The van der Waals surface area contributed by atoms with E-state index in [0.717, 1.165) is 23.1 Å². The Morgan fingerprint density at radius 1 is 0.875 bits per heavy atom. The molecule has 0 fully saturated rings. The third-order valence-corrected chi connectivity index (χ3v) is 4.34. The molecular formula is C8Cl2N4S2. The van der Waals surface area contributed by atoms with Gasteiger partial charge >= 0.3 is 0 Å². The van der Waals surface area contributed by atoms with Crippen molar-refractivity contribution in [1.29, 1.82) is 10.5 Å². The van der Waals surface area contributed by atoms with Crippen molar-refractivity contribution >= 4 is 46.3 Å². The first kappa shape index (κ1) is 11.3. The van der Waals surface area contributed by atoms with Gasteiger partial charge in [-0.15, -0.1) is 0 Å². The minimum absolute atomic E-state index is 0.135. The quantitative estimate of drug-likeness (QED) is 0.806. The van der Waals surface area contributed by atoms with E-state index in [1.165, 1.54) is 0 Å². The molecule has 0 saturated carbocycles. The van der Waals surface area contributed by atoms with Gasteiger partial charge in [0.05, 0.1) is 9.75 Å². The second-order valence-electron chi connectivity index (χ2n) is 2.58. The third-order valence-electron chi connectivity index (χ3n) is 1.73. The molecular weight excluding hydrogens is 287 g/mol. The molecule has 16 heavy (non-hydrogen) atoms. The summed E-state index contributed by atoms with van der Waals surface area (Å²) < 4.78 is 7.72. The van der Waals surface area contributed by atoms with Crippen molar-refractivity contribution in [2.24, 2.45) is 0 Å². The molecule has 2 heterocycles. The summed E-state index contributed by atoms with van der Waals surface area (Å²) in [7, 11) is 0. The van der Waals surface area contributed by atoms with Crippen LogP contribution in [-0.4, -0.2) is 8.75 Å². The number of aromatic nitrogens is 2. The van der Waals surface area contributed by atoms with Gasteiger partial charge in [-0.05, 0) is 23.1 Å². The van der Waals surface area contributed by atoms with Crippen LogP contribution in [0.15, 0.2) is 0 Å². The second kappa shape index (κ2) is 4.36. The predicted octanol–water partition coefficient (Wildman–Crippen LogP) is 3.32. The summed E-state index contributed by atoms with van der Waals surface area (Å²) in [6, 6.07) is 3.89. The number of hydrogen-bond donors (Lipinski definition) is 0. The van der Waals surface area contributed by atoms with Crippen molar-refractivity contribution in [2.45, 2.75) is 0 Å². The Labute approximate surface area is 109 Å². The highest BCUT2D eigenvalue weighted by atomic mass is 35.5. The molecule has 4 nitrogen and oxygen atoms in total. The summed E-state index contributed by atoms with van der Waals surface area (Å²) in [5.74, 6) is 0. The predicted molar refractivity (Wildman–Crippen MR) is 62.7 cm³/mol. The Balaban J connectivity index is 2.70. The van der Waals surface area contributed by atoms with Crippen LogP contribution in [0, 0.1) is 22.7 Å². The van der Waals surface area contributed by atoms with E-state index in [1.807, 2.05) is 12.1 Å². The molecule has 0 aliphatic heterocycles. The smallest absolute Gasteiger partial charge is 0.161 e.